The van der Waals surface area contributed by atoms with Gasteiger partial charge in [0.05, 0.1) is 6.61 Å². The Hall–Kier alpha value is -1.46. The van der Waals surface area contributed by atoms with Crippen LogP contribution in [0, 0.1) is 0 Å². The summed E-state index contributed by atoms with van der Waals surface area (Å²) in [7, 11) is 0. The van der Waals surface area contributed by atoms with Crippen LogP contribution in [0.3, 0.4) is 0 Å². The van der Waals surface area contributed by atoms with Gasteiger partial charge in [-0.2, -0.15) is 0 Å². The van der Waals surface area contributed by atoms with Gasteiger partial charge in [-0.3, -0.25) is 9.59 Å². The normalized spacial score (nSPS) is 10.1. The zero-order chi connectivity index (χ0) is 16.4. The van der Waals surface area contributed by atoms with E-state index in [2.05, 4.69) is 5.32 Å². The molecule has 0 heterocycles. The van der Waals surface area contributed by atoms with E-state index in [1.54, 1.807) is 19.1 Å². The number of anilines is 1. The van der Waals surface area contributed by atoms with Crippen molar-refractivity contribution in [3.8, 4) is 0 Å². The lowest BCUT2D eigenvalue weighted by molar-refractivity contribution is -0.141. The summed E-state index contributed by atoms with van der Waals surface area (Å²) in [4.78, 5) is 25.2. The maximum atomic E-state index is 11.9. The van der Waals surface area contributed by atoms with Gasteiger partial charge in [0, 0.05) is 36.1 Å². The molecule has 0 spiro atoms. The first-order valence-corrected chi connectivity index (χ1v) is 8.10. The van der Waals surface area contributed by atoms with Crippen molar-refractivity contribution in [3.05, 3.63) is 29.8 Å². The average molecular weight is 347 g/mol. The number of rotatable bonds is 9. The van der Waals surface area contributed by atoms with Crippen molar-refractivity contribution in [1.82, 2.24) is 5.32 Å². The van der Waals surface area contributed by atoms with Crippen molar-refractivity contribution in [2.24, 2.45) is 0 Å². The number of amides is 1. The highest BCUT2D eigenvalue weighted by Crippen LogP contribution is 2.15. The second-order valence-corrected chi connectivity index (χ2v) is 5.16. The lowest BCUT2D eigenvalue weighted by Gasteiger charge is -2.22. The third-order valence-corrected chi connectivity index (χ3v) is 3.24. The number of nitrogens with zero attached hydrogens (tertiary/aromatic N) is 1. The van der Waals surface area contributed by atoms with E-state index in [0.717, 1.165) is 5.69 Å². The Morgan fingerprint density at radius 2 is 1.73 bits per heavy atom. The molecule has 0 bridgehead atoms. The summed E-state index contributed by atoms with van der Waals surface area (Å²) in [6, 6.07) is 7.06. The molecule has 0 radical (unpaired) electrons. The van der Waals surface area contributed by atoms with Crippen LogP contribution in [0.25, 0.3) is 0 Å². The molecule has 1 N–H and O–H groups in total. The predicted octanol–water partition coefficient (Wildman–Crippen LogP) is 2.26. The molecule has 1 aromatic rings. The largest absolute Gasteiger partial charge is 0.465 e. The van der Waals surface area contributed by atoms with Crippen molar-refractivity contribution < 1.29 is 14.3 Å². The molecular formula is C15H20Cl2N2O3. The third kappa shape index (κ3) is 6.12. The third-order valence-electron chi connectivity index (χ3n) is 2.90. The second kappa shape index (κ2) is 10.3. The van der Waals surface area contributed by atoms with Gasteiger partial charge in [0.1, 0.15) is 6.54 Å². The van der Waals surface area contributed by atoms with Gasteiger partial charge >= 0.3 is 5.97 Å². The number of hydrogen-bond acceptors (Lipinski definition) is 4. The van der Waals surface area contributed by atoms with Gasteiger partial charge in [-0.25, -0.2) is 0 Å². The van der Waals surface area contributed by atoms with E-state index in [1.807, 2.05) is 17.0 Å². The molecule has 0 aliphatic heterocycles. The SMILES string of the molecule is CCOC(=O)CNC(=O)c1ccc(N(CCCl)CCCl)cc1. The van der Waals surface area contributed by atoms with Gasteiger partial charge in [0.15, 0.2) is 0 Å². The summed E-state index contributed by atoms with van der Waals surface area (Å²) in [6.07, 6.45) is 0. The van der Waals surface area contributed by atoms with E-state index in [1.165, 1.54) is 0 Å². The highest BCUT2D eigenvalue weighted by molar-refractivity contribution is 6.18. The molecule has 0 saturated heterocycles. The Balaban J connectivity index is 2.62. The Morgan fingerprint density at radius 1 is 1.14 bits per heavy atom. The zero-order valence-electron chi connectivity index (χ0n) is 12.5. The van der Waals surface area contributed by atoms with Crippen LogP contribution in [0.1, 0.15) is 17.3 Å². The Labute approximate surface area is 140 Å². The van der Waals surface area contributed by atoms with E-state index in [4.69, 9.17) is 27.9 Å². The fourth-order valence-corrected chi connectivity index (χ4v) is 2.27. The molecule has 0 unspecified atom stereocenters. The van der Waals surface area contributed by atoms with Crippen molar-refractivity contribution in [3.63, 3.8) is 0 Å². The summed E-state index contributed by atoms with van der Waals surface area (Å²) in [5, 5.41) is 2.51. The van der Waals surface area contributed by atoms with Crippen molar-refractivity contribution >= 4 is 40.8 Å². The van der Waals surface area contributed by atoms with Crippen molar-refractivity contribution in [2.45, 2.75) is 6.92 Å². The van der Waals surface area contributed by atoms with Gasteiger partial charge in [-0.05, 0) is 31.2 Å². The Kier molecular flexibility index (Phi) is 8.70. The highest BCUT2D eigenvalue weighted by atomic mass is 35.5. The molecule has 22 heavy (non-hydrogen) atoms. The lowest BCUT2D eigenvalue weighted by atomic mass is 10.2. The molecule has 1 aromatic carbocycles. The monoisotopic (exact) mass is 346 g/mol. The molecule has 0 fully saturated rings. The van der Waals surface area contributed by atoms with Crippen LogP contribution in [-0.4, -0.2) is 49.9 Å². The van der Waals surface area contributed by atoms with E-state index >= 15 is 0 Å². The number of alkyl halides is 2. The van der Waals surface area contributed by atoms with Crippen LogP contribution in [0.4, 0.5) is 5.69 Å². The maximum absolute atomic E-state index is 11.9. The lowest BCUT2D eigenvalue weighted by Crippen LogP contribution is -2.31. The second-order valence-electron chi connectivity index (χ2n) is 4.40. The van der Waals surface area contributed by atoms with E-state index in [0.29, 0.717) is 37.0 Å². The Bertz CT molecular complexity index is 474. The quantitative estimate of drug-likeness (QED) is 0.550. The van der Waals surface area contributed by atoms with Gasteiger partial charge < -0.3 is 15.0 Å². The molecule has 0 aliphatic carbocycles. The molecule has 0 saturated carbocycles. The molecule has 0 atom stereocenters. The van der Waals surface area contributed by atoms with E-state index in [-0.39, 0.29) is 12.5 Å². The summed E-state index contributed by atoms with van der Waals surface area (Å²) in [6.45, 7) is 3.23. The summed E-state index contributed by atoms with van der Waals surface area (Å²) in [5.74, 6) is 0.223. The molecular weight excluding hydrogens is 327 g/mol. The van der Waals surface area contributed by atoms with Crippen molar-refractivity contribution in [1.29, 1.82) is 0 Å². The fourth-order valence-electron chi connectivity index (χ4n) is 1.86. The number of benzene rings is 1. The number of esters is 1. The first kappa shape index (κ1) is 18.6. The van der Waals surface area contributed by atoms with Crippen LogP contribution >= 0.6 is 23.2 Å². The van der Waals surface area contributed by atoms with E-state index < -0.39 is 5.97 Å². The van der Waals surface area contributed by atoms with Crippen LogP contribution < -0.4 is 10.2 Å². The van der Waals surface area contributed by atoms with E-state index in [9.17, 15) is 9.59 Å². The molecule has 0 aliphatic rings. The average Bonchev–Trinajstić information content (AvgIpc) is 2.53. The van der Waals surface area contributed by atoms with Crippen LogP contribution in [-0.2, 0) is 9.53 Å². The Morgan fingerprint density at radius 3 is 2.23 bits per heavy atom. The summed E-state index contributed by atoms with van der Waals surface area (Å²) < 4.78 is 4.75. The molecule has 5 nitrogen and oxygen atoms in total. The highest BCUT2D eigenvalue weighted by Gasteiger charge is 2.10. The summed E-state index contributed by atoms with van der Waals surface area (Å²) >= 11 is 11.5. The maximum Gasteiger partial charge on any atom is 0.325 e. The minimum absolute atomic E-state index is 0.140. The minimum atomic E-state index is -0.456. The topological polar surface area (TPSA) is 58.6 Å². The number of halogens is 2. The van der Waals surface area contributed by atoms with Crippen molar-refractivity contribution in [2.75, 3.05) is 42.9 Å². The number of carbonyl (C=O) groups is 2. The van der Waals surface area contributed by atoms with Gasteiger partial charge in [-0.15, -0.1) is 23.2 Å². The number of nitrogens with one attached hydrogen (secondary N) is 1. The smallest absolute Gasteiger partial charge is 0.325 e. The summed E-state index contributed by atoms with van der Waals surface area (Å²) in [5.41, 5.74) is 1.42. The molecule has 7 heteroatoms. The molecule has 0 aromatic heterocycles. The minimum Gasteiger partial charge on any atom is -0.465 e. The molecule has 122 valence electrons. The van der Waals surface area contributed by atoms with Crippen LogP contribution in [0.15, 0.2) is 24.3 Å². The van der Waals surface area contributed by atoms with Gasteiger partial charge in [0.25, 0.3) is 5.91 Å². The van der Waals surface area contributed by atoms with Gasteiger partial charge in [-0.1, -0.05) is 0 Å². The first-order valence-electron chi connectivity index (χ1n) is 7.03. The molecule has 1 amide bonds. The van der Waals surface area contributed by atoms with Crippen LogP contribution in [0.5, 0.6) is 0 Å². The first-order chi connectivity index (χ1) is 10.6. The number of hydrogen-bond donors (Lipinski definition) is 1. The van der Waals surface area contributed by atoms with Crippen LogP contribution in [0.2, 0.25) is 0 Å². The zero-order valence-corrected chi connectivity index (χ0v) is 14.0. The van der Waals surface area contributed by atoms with Gasteiger partial charge in [0.2, 0.25) is 0 Å². The molecule has 1 rings (SSSR count). The number of carbonyl (C=O) groups excluding carboxylic acids is 2. The predicted molar refractivity (Wildman–Crippen MR) is 89.1 cm³/mol. The fraction of sp³-hybridized carbons (Fsp3) is 0.467. The standard InChI is InChI=1S/C15H20Cl2N2O3/c1-2-22-14(20)11-18-15(21)12-3-5-13(6-4-12)19(9-7-16)10-8-17/h3-6H,2,7-11H2,1H3,(H,18,21). The number of ether oxygens (including phenoxy) is 1.